The van der Waals surface area contributed by atoms with Gasteiger partial charge in [-0.3, -0.25) is 4.79 Å². The van der Waals surface area contributed by atoms with E-state index in [4.69, 9.17) is 4.74 Å². The fraction of sp³-hybridized carbons (Fsp3) is 0.533. The van der Waals surface area contributed by atoms with Crippen molar-refractivity contribution in [2.24, 2.45) is 0 Å². The lowest BCUT2D eigenvalue weighted by atomic mass is 10.1. The number of hydrogen-bond donors (Lipinski definition) is 2. The first-order valence-electron chi connectivity index (χ1n) is 7.04. The van der Waals surface area contributed by atoms with Crippen molar-refractivity contribution in [3.63, 3.8) is 0 Å². The van der Waals surface area contributed by atoms with Crippen molar-refractivity contribution in [2.45, 2.75) is 45.2 Å². The first kappa shape index (κ1) is 15.3. The standard InChI is InChI=1S/C15H21N3O3/c1-15(2,3)18-13(19)9-21-14(20)10-4-7-12(16-8-10)17-11-5-6-11/h4,7-8,11H,5-6,9H2,1-3H3,(H,16,17)(H,18,19). The van der Waals surface area contributed by atoms with Crippen molar-refractivity contribution in [1.82, 2.24) is 10.3 Å². The molecule has 0 radical (unpaired) electrons. The molecule has 1 saturated carbocycles. The van der Waals surface area contributed by atoms with Gasteiger partial charge < -0.3 is 15.4 Å². The van der Waals surface area contributed by atoms with E-state index in [0.29, 0.717) is 11.6 Å². The molecule has 0 unspecified atom stereocenters. The third-order valence-electron chi connectivity index (χ3n) is 2.78. The smallest absolute Gasteiger partial charge is 0.340 e. The lowest BCUT2D eigenvalue weighted by Crippen LogP contribution is -2.42. The molecule has 6 heteroatoms. The number of aromatic nitrogens is 1. The predicted molar refractivity (Wildman–Crippen MR) is 79.1 cm³/mol. The molecule has 0 saturated heterocycles. The Kier molecular flexibility index (Phi) is 4.45. The molecule has 1 aliphatic rings. The van der Waals surface area contributed by atoms with Crippen LogP contribution in [0.15, 0.2) is 18.3 Å². The van der Waals surface area contributed by atoms with Gasteiger partial charge in [0.2, 0.25) is 0 Å². The third kappa shape index (κ3) is 5.41. The Labute approximate surface area is 124 Å². The van der Waals surface area contributed by atoms with Crippen LogP contribution in [0, 0.1) is 0 Å². The highest BCUT2D eigenvalue weighted by Gasteiger charge is 2.21. The van der Waals surface area contributed by atoms with E-state index in [1.165, 1.54) is 6.20 Å². The van der Waals surface area contributed by atoms with E-state index in [2.05, 4.69) is 15.6 Å². The summed E-state index contributed by atoms with van der Waals surface area (Å²) in [4.78, 5) is 27.5. The summed E-state index contributed by atoms with van der Waals surface area (Å²) in [7, 11) is 0. The summed E-state index contributed by atoms with van der Waals surface area (Å²) in [6.07, 6.45) is 3.78. The van der Waals surface area contributed by atoms with Crippen molar-refractivity contribution >= 4 is 17.7 Å². The summed E-state index contributed by atoms with van der Waals surface area (Å²) in [6.45, 7) is 5.30. The van der Waals surface area contributed by atoms with Crippen molar-refractivity contribution < 1.29 is 14.3 Å². The van der Waals surface area contributed by atoms with Crippen LogP contribution in [0.1, 0.15) is 44.0 Å². The molecule has 1 amide bonds. The van der Waals surface area contributed by atoms with Gasteiger partial charge in [-0.15, -0.1) is 0 Å². The number of nitrogens with one attached hydrogen (secondary N) is 2. The van der Waals surface area contributed by atoms with Crippen LogP contribution < -0.4 is 10.6 Å². The maximum absolute atomic E-state index is 11.8. The minimum absolute atomic E-state index is 0.293. The summed E-state index contributed by atoms with van der Waals surface area (Å²) in [5.41, 5.74) is -0.0128. The van der Waals surface area contributed by atoms with Crippen LogP contribution in [0.2, 0.25) is 0 Å². The lowest BCUT2D eigenvalue weighted by Gasteiger charge is -2.20. The van der Waals surface area contributed by atoms with Crippen LogP contribution in [0.25, 0.3) is 0 Å². The molecule has 0 aliphatic heterocycles. The van der Waals surface area contributed by atoms with Crippen LogP contribution in [0.4, 0.5) is 5.82 Å². The van der Waals surface area contributed by atoms with E-state index in [0.717, 1.165) is 18.7 Å². The summed E-state index contributed by atoms with van der Waals surface area (Å²) in [5, 5.41) is 5.95. The summed E-state index contributed by atoms with van der Waals surface area (Å²) >= 11 is 0. The third-order valence-corrected chi connectivity index (χ3v) is 2.78. The van der Waals surface area contributed by atoms with Crippen LogP contribution in [-0.2, 0) is 9.53 Å². The van der Waals surface area contributed by atoms with Gasteiger partial charge in [-0.1, -0.05) is 0 Å². The number of amides is 1. The normalized spacial score (nSPS) is 14.4. The average Bonchev–Trinajstić information content (AvgIpc) is 3.19. The Bertz CT molecular complexity index is 516. The highest BCUT2D eigenvalue weighted by atomic mass is 16.5. The van der Waals surface area contributed by atoms with Crippen molar-refractivity contribution in [3.8, 4) is 0 Å². The van der Waals surface area contributed by atoms with E-state index in [-0.39, 0.29) is 18.1 Å². The fourth-order valence-corrected chi connectivity index (χ4v) is 1.71. The Morgan fingerprint density at radius 1 is 1.33 bits per heavy atom. The topological polar surface area (TPSA) is 80.3 Å². The zero-order valence-electron chi connectivity index (χ0n) is 12.6. The lowest BCUT2D eigenvalue weighted by molar-refractivity contribution is -0.125. The van der Waals surface area contributed by atoms with E-state index in [9.17, 15) is 9.59 Å². The quantitative estimate of drug-likeness (QED) is 0.808. The molecule has 1 fully saturated rings. The van der Waals surface area contributed by atoms with Crippen LogP contribution >= 0.6 is 0 Å². The van der Waals surface area contributed by atoms with E-state index >= 15 is 0 Å². The maximum atomic E-state index is 11.8. The molecule has 0 bridgehead atoms. The maximum Gasteiger partial charge on any atom is 0.340 e. The molecule has 6 nitrogen and oxygen atoms in total. The number of rotatable bonds is 5. The molecule has 0 aromatic carbocycles. The van der Waals surface area contributed by atoms with Gasteiger partial charge in [0.1, 0.15) is 5.82 Å². The molecule has 114 valence electrons. The van der Waals surface area contributed by atoms with Gasteiger partial charge in [-0.2, -0.15) is 0 Å². The summed E-state index contributed by atoms with van der Waals surface area (Å²) in [5.74, 6) is -0.125. The summed E-state index contributed by atoms with van der Waals surface area (Å²) < 4.78 is 4.96. The van der Waals surface area contributed by atoms with Crippen LogP contribution in [0.3, 0.4) is 0 Å². The summed E-state index contributed by atoms with van der Waals surface area (Å²) in [6, 6.07) is 3.89. The van der Waals surface area contributed by atoms with Gasteiger partial charge in [0, 0.05) is 17.8 Å². The Morgan fingerprint density at radius 2 is 2.05 bits per heavy atom. The second-order valence-corrected chi connectivity index (χ2v) is 6.23. The number of anilines is 1. The zero-order chi connectivity index (χ0) is 15.5. The second kappa shape index (κ2) is 6.11. The molecule has 2 N–H and O–H groups in total. The van der Waals surface area contributed by atoms with E-state index in [1.807, 2.05) is 20.8 Å². The van der Waals surface area contributed by atoms with Crippen LogP contribution in [-0.4, -0.2) is 35.0 Å². The van der Waals surface area contributed by atoms with Gasteiger partial charge in [-0.05, 0) is 45.7 Å². The minimum atomic E-state index is -0.551. The Balaban J connectivity index is 1.81. The first-order chi connectivity index (χ1) is 9.83. The number of carbonyl (C=O) groups excluding carboxylic acids is 2. The minimum Gasteiger partial charge on any atom is -0.452 e. The van der Waals surface area contributed by atoms with Gasteiger partial charge in [0.05, 0.1) is 5.56 Å². The van der Waals surface area contributed by atoms with Crippen molar-refractivity contribution in [2.75, 3.05) is 11.9 Å². The number of pyridine rings is 1. The fourth-order valence-electron chi connectivity index (χ4n) is 1.71. The molecule has 0 spiro atoms. The molecule has 1 heterocycles. The molecule has 1 aromatic heterocycles. The SMILES string of the molecule is CC(C)(C)NC(=O)COC(=O)c1ccc(NC2CC2)nc1. The number of hydrogen-bond acceptors (Lipinski definition) is 5. The number of ether oxygens (including phenoxy) is 1. The number of carbonyl (C=O) groups is 2. The molecule has 1 aromatic rings. The molecular weight excluding hydrogens is 270 g/mol. The van der Waals surface area contributed by atoms with Crippen LogP contribution in [0.5, 0.6) is 0 Å². The van der Waals surface area contributed by atoms with E-state index in [1.54, 1.807) is 12.1 Å². The Hall–Kier alpha value is -2.11. The highest BCUT2D eigenvalue weighted by Crippen LogP contribution is 2.23. The molecule has 21 heavy (non-hydrogen) atoms. The van der Waals surface area contributed by atoms with Gasteiger partial charge in [0.15, 0.2) is 6.61 Å². The van der Waals surface area contributed by atoms with Gasteiger partial charge in [-0.25, -0.2) is 9.78 Å². The molecule has 0 atom stereocenters. The molecule has 1 aliphatic carbocycles. The van der Waals surface area contributed by atoms with Gasteiger partial charge in [0.25, 0.3) is 5.91 Å². The number of esters is 1. The van der Waals surface area contributed by atoms with Gasteiger partial charge >= 0.3 is 5.97 Å². The second-order valence-electron chi connectivity index (χ2n) is 6.23. The largest absolute Gasteiger partial charge is 0.452 e. The molecular formula is C15H21N3O3. The molecule has 2 rings (SSSR count). The monoisotopic (exact) mass is 291 g/mol. The first-order valence-corrected chi connectivity index (χ1v) is 7.04. The van der Waals surface area contributed by atoms with Crippen molar-refractivity contribution in [1.29, 1.82) is 0 Å². The van der Waals surface area contributed by atoms with E-state index < -0.39 is 5.97 Å². The highest BCUT2D eigenvalue weighted by molar-refractivity contribution is 5.91. The Morgan fingerprint density at radius 3 is 2.57 bits per heavy atom. The predicted octanol–water partition coefficient (Wildman–Crippen LogP) is 1.73. The van der Waals surface area contributed by atoms with Crippen molar-refractivity contribution in [3.05, 3.63) is 23.9 Å². The zero-order valence-corrected chi connectivity index (χ0v) is 12.6. The average molecular weight is 291 g/mol. The number of nitrogens with zero attached hydrogens (tertiary/aromatic N) is 1.